The van der Waals surface area contributed by atoms with Crippen molar-refractivity contribution >= 4 is 5.97 Å². The lowest BCUT2D eigenvalue weighted by molar-refractivity contribution is -0.144. The third kappa shape index (κ3) is 4.87. The first-order chi connectivity index (χ1) is 8.13. The molecule has 0 amide bonds. The minimum atomic E-state index is -0.976. The standard InChI is InChI=1S/C13H18O4/c1-10(13(15)16)17-12-7-4-6-11(9-12)5-2-3-8-14/h4,6-7,9-10,14H,2-3,5,8H2,1H3,(H,15,16)/t10-/m0/s1. The van der Waals surface area contributed by atoms with Crippen molar-refractivity contribution < 1.29 is 19.7 Å². The van der Waals surface area contributed by atoms with E-state index in [4.69, 9.17) is 14.9 Å². The zero-order valence-corrected chi connectivity index (χ0v) is 9.93. The van der Waals surface area contributed by atoms with Crippen molar-refractivity contribution in [1.82, 2.24) is 0 Å². The maximum atomic E-state index is 10.6. The van der Waals surface area contributed by atoms with Gasteiger partial charge in [-0.3, -0.25) is 0 Å². The smallest absolute Gasteiger partial charge is 0.344 e. The van der Waals surface area contributed by atoms with Gasteiger partial charge in [-0.1, -0.05) is 12.1 Å². The quantitative estimate of drug-likeness (QED) is 0.711. The number of carboxylic acid groups (broad SMARTS) is 1. The van der Waals surface area contributed by atoms with E-state index in [1.165, 1.54) is 6.92 Å². The molecule has 1 rings (SSSR count). The molecule has 0 aromatic heterocycles. The van der Waals surface area contributed by atoms with Crippen LogP contribution in [0.2, 0.25) is 0 Å². The Bertz CT molecular complexity index is 362. The minimum Gasteiger partial charge on any atom is -0.479 e. The van der Waals surface area contributed by atoms with Crippen LogP contribution < -0.4 is 4.74 Å². The van der Waals surface area contributed by atoms with Crippen molar-refractivity contribution in [2.75, 3.05) is 6.61 Å². The van der Waals surface area contributed by atoms with Crippen LogP contribution in [-0.4, -0.2) is 28.9 Å². The number of rotatable bonds is 7. The van der Waals surface area contributed by atoms with Crippen molar-refractivity contribution in [3.8, 4) is 5.75 Å². The van der Waals surface area contributed by atoms with Crippen molar-refractivity contribution in [2.24, 2.45) is 0 Å². The van der Waals surface area contributed by atoms with E-state index in [1.807, 2.05) is 18.2 Å². The van der Waals surface area contributed by atoms with Crippen LogP contribution >= 0.6 is 0 Å². The Morgan fingerprint density at radius 2 is 2.18 bits per heavy atom. The zero-order valence-electron chi connectivity index (χ0n) is 9.93. The average molecular weight is 238 g/mol. The third-order valence-electron chi connectivity index (χ3n) is 2.43. The van der Waals surface area contributed by atoms with Crippen LogP contribution in [0.3, 0.4) is 0 Å². The highest BCUT2D eigenvalue weighted by molar-refractivity contribution is 5.72. The molecule has 0 aliphatic heterocycles. The van der Waals surface area contributed by atoms with Gasteiger partial charge in [-0.2, -0.15) is 0 Å². The van der Waals surface area contributed by atoms with Crippen molar-refractivity contribution in [3.05, 3.63) is 29.8 Å². The number of carboxylic acids is 1. The molecule has 0 heterocycles. The summed E-state index contributed by atoms with van der Waals surface area (Å²) in [6.45, 7) is 1.70. The summed E-state index contributed by atoms with van der Waals surface area (Å²) in [4.78, 5) is 10.6. The summed E-state index contributed by atoms with van der Waals surface area (Å²) < 4.78 is 5.27. The Morgan fingerprint density at radius 3 is 2.82 bits per heavy atom. The van der Waals surface area contributed by atoms with Crippen molar-refractivity contribution in [3.63, 3.8) is 0 Å². The number of hydrogen-bond donors (Lipinski definition) is 2. The van der Waals surface area contributed by atoms with Gasteiger partial charge in [0, 0.05) is 6.61 Å². The summed E-state index contributed by atoms with van der Waals surface area (Å²) >= 11 is 0. The number of aryl methyl sites for hydroxylation is 1. The van der Waals surface area contributed by atoms with E-state index in [0.717, 1.165) is 24.8 Å². The van der Waals surface area contributed by atoms with Gasteiger partial charge in [0.15, 0.2) is 6.10 Å². The van der Waals surface area contributed by atoms with E-state index >= 15 is 0 Å². The average Bonchev–Trinajstić information content (AvgIpc) is 2.30. The molecule has 0 spiro atoms. The maximum absolute atomic E-state index is 10.6. The van der Waals surface area contributed by atoms with E-state index in [9.17, 15) is 4.79 Å². The van der Waals surface area contributed by atoms with E-state index < -0.39 is 12.1 Å². The molecule has 0 aliphatic carbocycles. The lowest BCUT2D eigenvalue weighted by atomic mass is 10.1. The van der Waals surface area contributed by atoms with Gasteiger partial charge in [0.05, 0.1) is 0 Å². The molecule has 0 fully saturated rings. The first-order valence-corrected chi connectivity index (χ1v) is 5.72. The van der Waals surface area contributed by atoms with Gasteiger partial charge in [0.1, 0.15) is 5.75 Å². The van der Waals surface area contributed by atoms with Crippen LogP contribution in [0.5, 0.6) is 5.75 Å². The Labute approximate surface area is 101 Å². The zero-order chi connectivity index (χ0) is 12.7. The Morgan fingerprint density at radius 1 is 1.41 bits per heavy atom. The molecule has 1 aromatic carbocycles. The fraction of sp³-hybridized carbons (Fsp3) is 0.462. The molecule has 4 nitrogen and oxygen atoms in total. The SMILES string of the molecule is C[C@H](Oc1cccc(CCCCO)c1)C(=O)O. The maximum Gasteiger partial charge on any atom is 0.344 e. The van der Waals surface area contributed by atoms with Gasteiger partial charge in [-0.05, 0) is 43.9 Å². The van der Waals surface area contributed by atoms with Crippen LogP contribution in [0.15, 0.2) is 24.3 Å². The number of ether oxygens (including phenoxy) is 1. The van der Waals surface area contributed by atoms with Gasteiger partial charge in [0.2, 0.25) is 0 Å². The molecule has 17 heavy (non-hydrogen) atoms. The molecule has 0 bridgehead atoms. The molecule has 1 aromatic rings. The molecule has 4 heteroatoms. The van der Waals surface area contributed by atoms with Crippen LogP contribution in [0, 0.1) is 0 Å². The number of aliphatic carboxylic acids is 1. The number of benzene rings is 1. The third-order valence-corrected chi connectivity index (χ3v) is 2.43. The summed E-state index contributed by atoms with van der Waals surface area (Å²) in [5.41, 5.74) is 1.09. The van der Waals surface area contributed by atoms with Gasteiger partial charge in [-0.15, -0.1) is 0 Å². The summed E-state index contributed by atoms with van der Waals surface area (Å²) in [5, 5.41) is 17.4. The number of aliphatic hydroxyl groups is 1. The molecule has 94 valence electrons. The lowest BCUT2D eigenvalue weighted by Crippen LogP contribution is -2.22. The Hall–Kier alpha value is -1.55. The molecule has 1 atom stereocenters. The largest absolute Gasteiger partial charge is 0.479 e. The highest BCUT2D eigenvalue weighted by Crippen LogP contribution is 2.16. The highest BCUT2D eigenvalue weighted by atomic mass is 16.5. The molecule has 0 saturated carbocycles. The summed E-state index contributed by atoms with van der Waals surface area (Å²) in [5.74, 6) is -0.405. The minimum absolute atomic E-state index is 0.201. The van der Waals surface area contributed by atoms with E-state index in [2.05, 4.69) is 0 Å². The van der Waals surface area contributed by atoms with Gasteiger partial charge < -0.3 is 14.9 Å². The van der Waals surface area contributed by atoms with Crippen molar-refractivity contribution in [1.29, 1.82) is 0 Å². The number of hydrogen-bond acceptors (Lipinski definition) is 3. The van der Waals surface area contributed by atoms with Crippen molar-refractivity contribution in [2.45, 2.75) is 32.3 Å². The predicted molar refractivity (Wildman–Crippen MR) is 64.2 cm³/mol. The highest BCUT2D eigenvalue weighted by Gasteiger charge is 2.12. The molecule has 0 aliphatic rings. The summed E-state index contributed by atoms with van der Waals surface area (Å²) in [6.07, 6.45) is 1.70. The van der Waals surface area contributed by atoms with E-state index in [0.29, 0.717) is 5.75 Å². The fourth-order valence-corrected chi connectivity index (χ4v) is 1.47. The normalized spacial score (nSPS) is 12.1. The lowest BCUT2D eigenvalue weighted by Gasteiger charge is -2.11. The Kier molecular flexibility index (Phi) is 5.49. The number of carbonyl (C=O) groups is 1. The van der Waals surface area contributed by atoms with Crippen LogP contribution in [0.1, 0.15) is 25.3 Å². The topological polar surface area (TPSA) is 66.8 Å². The molecule has 0 saturated heterocycles. The molecular formula is C13H18O4. The molecule has 0 radical (unpaired) electrons. The van der Waals surface area contributed by atoms with Gasteiger partial charge in [0.25, 0.3) is 0 Å². The summed E-state index contributed by atoms with van der Waals surface area (Å²) in [7, 11) is 0. The Balaban J connectivity index is 2.56. The number of aliphatic hydroxyl groups excluding tert-OH is 1. The van der Waals surface area contributed by atoms with Crippen LogP contribution in [-0.2, 0) is 11.2 Å². The first kappa shape index (κ1) is 13.5. The molecule has 2 N–H and O–H groups in total. The van der Waals surface area contributed by atoms with E-state index in [1.54, 1.807) is 6.07 Å². The van der Waals surface area contributed by atoms with Crippen LogP contribution in [0.25, 0.3) is 0 Å². The van der Waals surface area contributed by atoms with Gasteiger partial charge in [-0.25, -0.2) is 4.79 Å². The predicted octanol–water partition coefficient (Wildman–Crippen LogP) is 1.85. The fourth-order valence-electron chi connectivity index (χ4n) is 1.47. The van der Waals surface area contributed by atoms with E-state index in [-0.39, 0.29) is 6.61 Å². The second-order valence-electron chi connectivity index (χ2n) is 3.93. The molecule has 0 unspecified atom stereocenters. The first-order valence-electron chi connectivity index (χ1n) is 5.72. The van der Waals surface area contributed by atoms with Crippen LogP contribution in [0.4, 0.5) is 0 Å². The second kappa shape index (κ2) is 6.91. The molecular weight excluding hydrogens is 220 g/mol. The monoisotopic (exact) mass is 238 g/mol. The number of unbranched alkanes of at least 4 members (excludes halogenated alkanes) is 1. The van der Waals surface area contributed by atoms with Gasteiger partial charge >= 0.3 is 5.97 Å². The summed E-state index contributed by atoms with van der Waals surface area (Å²) in [6, 6.07) is 7.40. The second-order valence-corrected chi connectivity index (χ2v) is 3.93.